The lowest BCUT2D eigenvalue weighted by Gasteiger charge is -2.34. The number of likely N-dealkylation sites (tertiary alicyclic amines) is 1. The number of rotatable bonds is 5. The molecular weight excluding hydrogens is 372 g/mol. The average Bonchev–Trinajstić information content (AvgIpc) is 3.04. The molecule has 0 aliphatic carbocycles. The van der Waals surface area contributed by atoms with E-state index < -0.39 is 0 Å². The summed E-state index contributed by atoms with van der Waals surface area (Å²) >= 11 is 0. The molecule has 0 atom stereocenters. The number of hydrogen-bond acceptors (Lipinski definition) is 4. The third-order valence-corrected chi connectivity index (χ3v) is 6.31. The van der Waals surface area contributed by atoms with E-state index in [1.807, 2.05) is 24.3 Å². The highest BCUT2D eigenvalue weighted by Gasteiger charge is 2.14. The van der Waals surface area contributed by atoms with Crippen molar-refractivity contribution in [3.05, 3.63) is 59.7 Å². The number of carbonyl (C=O) groups excluding carboxylic acids is 1. The Hall–Kier alpha value is -2.37. The van der Waals surface area contributed by atoms with Crippen LogP contribution in [0.3, 0.4) is 0 Å². The smallest absolute Gasteiger partial charge is 0.255 e. The molecule has 2 aromatic rings. The number of benzene rings is 2. The Balaban J connectivity index is 1.31. The van der Waals surface area contributed by atoms with Crippen LogP contribution >= 0.6 is 0 Å². The first kappa shape index (κ1) is 20.9. The molecular formula is C25H34N4O. The lowest BCUT2D eigenvalue weighted by Crippen LogP contribution is -2.44. The summed E-state index contributed by atoms with van der Waals surface area (Å²) in [5.41, 5.74) is 4.05. The number of nitrogens with zero attached hydrogens (tertiary/aromatic N) is 3. The lowest BCUT2D eigenvalue weighted by molar-refractivity contribution is 0.102. The maximum Gasteiger partial charge on any atom is 0.255 e. The first-order valence-corrected chi connectivity index (χ1v) is 11.3. The number of piperazine rings is 1. The molecule has 0 bridgehead atoms. The van der Waals surface area contributed by atoms with Crippen LogP contribution in [-0.2, 0) is 6.54 Å². The third-order valence-electron chi connectivity index (χ3n) is 6.31. The van der Waals surface area contributed by atoms with Gasteiger partial charge in [0, 0.05) is 49.7 Å². The van der Waals surface area contributed by atoms with Gasteiger partial charge in [0.15, 0.2) is 0 Å². The van der Waals surface area contributed by atoms with E-state index in [4.69, 9.17) is 0 Å². The molecule has 2 fully saturated rings. The molecule has 160 valence electrons. The van der Waals surface area contributed by atoms with Crippen LogP contribution in [0.25, 0.3) is 0 Å². The van der Waals surface area contributed by atoms with Crippen molar-refractivity contribution >= 4 is 17.3 Å². The molecule has 1 amide bonds. The van der Waals surface area contributed by atoms with Crippen molar-refractivity contribution < 1.29 is 4.79 Å². The maximum atomic E-state index is 12.6. The van der Waals surface area contributed by atoms with E-state index in [9.17, 15) is 4.79 Å². The SMILES string of the molecule is CN1CCN(c2ccc(NC(=O)c3ccc(CN4CCCCCC4)cc3)cc2)CC1. The number of hydrogen-bond donors (Lipinski definition) is 1. The lowest BCUT2D eigenvalue weighted by atomic mass is 10.1. The standard InChI is InChI=1S/C25H34N4O/c1-27-16-18-29(19-17-27)24-12-10-23(11-13-24)26-25(30)22-8-6-21(7-9-22)20-28-14-4-2-3-5-15-28/h6-13H,2-5,14-20H2,1H3,(H,26,30). The predicted octanol–water partition coefficient (Wildman–Crippen LogP) is 4.07. The normalized spacial score (nSPS) is 18.8. The fourth-order valence-corrected chi connectivity index (χ4v) is 4.34. The molecule has 0 spiro atoms. The molecule has 2 aliphatic rings. The van der Waals surface area contributed by atoms with E-state index in [2.05, 4.69) is 51.3 Å². The van der Waals surface area contributed by atoms with Crippen LogP contribution in [0.2, 0.25) is 0 Å². The molecule has 5 nitrogen and oxygen atoms in total. The summed E-state index contributed by atoms with van der Waals surface area (Å²) in [6.45, 7) is 7.63. The van der Waals surface area contributed by atoms with Crippen molar-refractivity contribution in [3.8, 4) is 0 Å². The van der Waals surface area contributed by atoms with Gasteiger partial charge in [0.2, 0.25) is 0 Å². The number of carbonyl (C=O) groups is 1. The molecule has 1 N–H and O–H groups in total. The molecule has 30 heavy (non-hydrogen) atoms. The Labute approximate surface area is 180 Å². The fourth-order valence-electron chi connectivity index (χ4n) is 4.34. The van der Waals surface area contributed by atoms with Gasteiger partial charge in [-0.2, -0.15) is 0 Å². The van der Waals surface area contributed by atoms with Gasteiger partial charge in [0.1, 0.15) is 0 Å². The van der Waals surface area contributed by atoms with Gasteiger partial charge in [-0.05, 0) is 74.9 Å². The minimum atomic E-state index is -0.0522. The van der Waals surface area contributed by atoms with Gasteiger partial charge in [-0.15, -0.1) is 0 Å². The van der Waals surface area contributed by atoms with Gasteiger partial charge in [-0.3, -0.25) is 9.69 Å². The van der Waals surface area contributed by atoms with Crippen molar-refractivity contribution in [1.82, 2.24) is 9.80 Å². The van der Waals surface area contributed by atoms with E-state index >= 15 is 0 Å². The highest BCUT2D eigenvalue weighted by Crippen LogP contribution is 2.20. The zero-order valence-electron chi connectivity index (χ0n) is 18.1. The number of nitrogens with one attached hydrogen (secondary N) is 1. The van der Waals surface area contributed by atoms with E-state index in [0.29, 0.717) is 5.56 Å². The summed E-state index contributed by atoms with van der Waals surface area (Å²) in [4.78, 5) is 19.9. The number of likely N-dealkylation sites (N-methyl/N-ethyl adjacent to an activating group) is 1. The second-order valence-electron chi connectivity index (χ2n) is 8.68. The van der Waals surface area contributed by atoms with Gasteiger partial charge >= 0.3 is 0 Å². The van der Waals surface area contributed by atoms with Gasteiger partial charge < -0.3 is 15.1 Å². The molecule has 2 saturated heterocycles. The highest BCUT2D eigenvalue weighted by molar-refractivity contribution is 6.04. The number of amides is 1. The van der Waals surface area contributed by atoms with Crippen LogP contribution in [0.4, 0.5) is 11.4 Å². The molecule has 2 aliphatic heterocycles. The highest BCUT2D eigenvalue weighted by atomic mass is 16.1. The largest absolute Gasteiger partial charge is 0.369 e. The van der Waals surface area contributed by atoms with Crippen molar-refractivity contribution in [3.63, 3.8) is 0 Å². The molecule has 0 saturated carbocycles. The molecule has 0 unspecified atom stereocenters. The van der Waals surface area contributed by atoms with Crippen LogP contribution in [0, 0.1) is 0 Å². The maximum absolute atomic E-state index is 12.6. The predicted molar refractivity (Wildman–Crippen MR) is 124 cm³/mol. The Morgan fingerprint density at radius 1 is 0.800 bits per heavy atom. The topological polar surface area (TPSA) is 38.8 Å². The third kappa shape index (κ3) is 5.61. The molecule has 5 heteroatoms. The van der Waals surface area contributed by atoms with Gasteiger partial charge in [0.25, 0.3) is 5.91 Å². The van der Waals surface area contributed by atoms with Crippen LogP contribution in [-0.4, -0.2) is 62.0 Å². The van der Waals surface area contributed by atoms with Crippen molar-refractivity contribution in [2.75, 3.05) is 56.5 Å². The number of anilines is 2. The zero-order chi connectivity index (χ0) is 20.8. The summed E-state index contributed by atoms with van der Waals surface area (Å²) in [5.74, 6) is -0.0522. The van der Waals surface area contributed by atoms with Crippen molar-refractivity contribution in [2.45, 2.75) is 32.2 Å². The average molecular weight is 407 g/mol. The van der Waals surface area contributed by atoms with Crippen molar-refractivity contribution in [1.29, 1.82) is 0 Å². The van der Waals surface area contributed by atoms with Gasteiger partial charge in [0.05, 0.1) is 0 Å². The van der Waals surface area contributed by atoms with Gasteiger partial charge in [-0.25, -0.2) is 0 Å². The minimum absolute atomic E-state index is 0.0522. The van der Waals surface area contributed by atoms with E-state index in [-0.39, 0.29) is 5.91 Å². The minimum Gasteiger partial charge on any atom is -0.369 e. The van der Waals surface area contributed by atoms with E-state index in [0.717, 1.165) is 38.4 Å². The van der Waals surface area contributed by atoms with Gasteiger partial charge in [-0.1, -0.05) is 25.0 Å². The second kappa shape index (κ2) is 10.1. The molecule has 0 radical (unpaired) electrons. The summed E-state index contributed by atoms with van der Waals surface area (Å²) in [5, 5.41) is 3.03. The zero-order valence-corrected chi connectivity index (χ0v) is 18.1. The summed E-state index contributed by atoms with van der Waals surface area (Å²) in [6.07, 6.45) is 5.31. The summed E-state index contributed by atoms with van der Waals surface area (Å²) in [6, 6.07) is 16.3. The fraction of sp³-hybridized carbons (Fsp3) is 0.480. The van der Waals surface area contributed by atoms with Crippen LogP contribution < -0.4 is 10.2 Å². The van der Waals surface area contributed by atoms with Crippen molar-refractivity contribution in [2.24, 2.45) is 0 Å². The first-order chi connectivity index (χ1) is 14.7. The Kier molecular flexibility index (Phi) is 7.03. The molecule has 4 rings (SSSR count). The quantitative estimate of drug-likeness (QED) is 0.813. The van der Waals surface area contributed by atoms with E-state index in [1.54, 1.807) is 0 Å². The Morgan fingerprint density at radius 2 is 1.43 bits per heavy atom. The summed E-state index contributed by atoms with van der Waals surface area (Å²) < 4.78 is 0. The summed E-state index contributed by atoms with van der Waals surface area (Å²) in [7, 11) is 2.16. The Morgan fingerprint density at radius 3 is 2.07 bits per heavy atom. The molecule has 0 aromatic heterocycles. The van der Waals surface area contributed by atoms with Crippen LogP contribution in [0.5, 0.6) is 0 Å². The van der Waals surface area contributed by atoms with Crippen LogP contribution in [0.1, 0.15) is 41.6 Å². The molecule has 2 heterocycles. The second-order valence-corrected chi connectivity index (χ2v) is 8.68. The Bertz CT molecular complexity index is 802. The van der Waals surface area contributed by atoms with E-state index in [1.165, 1.54) is 50.0 Å². The first-order valence-electron chi connectivity index (χ1n) is 11.3. The van der Waals surface area contributed by atoms with Crippen LogP contribution in [0.15, 0.2) is 48.5 Å². The monoisotopic (exact) mass is 406 g/mol. The molecule has 2 aromatic carbocycles.